The lowest BCUT2D eigenvalue weighted by Crippen LogP contribution is -2.11. The lowest BCUT2D eigenvalue weighted by Gasteiger charge is -2.14. The number of nitrogens with zero attached hydrogens (tertiary/aromatic N) is 1. The molecule has 0 aliphatic carbocycles. The van der Waals surface area contributed by atoms with E-state index in [1.165, 1.54) is 5.56 Å². The van der Waals surface area contributed by atoms with E-state index in [0.29, 0.717) is 5.69 Å². The van der Waals surface area contributed by atoms with E-state index in [1.807, 2.05) is 46.1 Å². The van der Waals surface area contributed by atoms with Crippen LogP contribution in [0.25, 0.3) is 0 Å². The van der Waals surface area contributed by atoms with Gasteiger partial charge in [-0.1, -0.05) is 6.07 Å². The van der Waals surface area contributed by atoms with Crippen LogP contribution in [0.1, 0.15) is 19.4 Å². The molecule has 2 N–H and O–H groups in total. The quantitative estimate of drug-likeness (QED) is 0.770. The van der Waals surface area contributed by atoms with Crippen molar-refractivity contribution in [3.63, 3.8) is 0 Å². The molecule has 3 heteroatoms. The maximum atomic E-state index is 5.90. The molecule has 0 heterocycles. The van der Waals surface area contributed by atoms with E-state index in [4.69, 9.17) is 10.5 Å². The number of hydrogen-bond donors (Lipinski definition) is 1. The Morgan fingerprint density at radius 2 is 2.00 bits per heavy atom. The predicted octanol–water partition coefficient (Wildman–Crippen LogP) is 2.12. The third kappa shape index (κ3) is 3.80. The van der Waals surface area contributed by atoms with Gasteiger partial charge in [-0.2, -0.15) is 0 Å². The summed E-state index contributed by atoms with van der Waals surface area (Å²) >= 11 is 0. The molecule has 1 aromatic carbocycles. The number of benzene rings is 1. The first kappa shape index (κ1) is 11.9. The van der Waals surface area contributed by atoms with Gasteiger partial charge >= 0.3 is 0 Å². The Bertz CT molecular complexity index is 321. The van der Waals surface area contributed by atoms with E-state index in [9.17, 15) is 0 Å². The van der Waals surface area contributed by atoms with Crippen LogP contribution in [0.2, 0.25) is 0 Å². The van der Waals surface area contributed by atoms with Crippen LogP contribution in [0.4, 0.5) is 5.69 Å². The molecule has 0 atom stereocenters. The molecule has 15 heavy (non-hydrogen) atoms. The van der Waals surface area contributed by atoms with Gasteiger partial charge in [-0.15, -0.1) is 0 Å². The normalized spacial score (nSPS) is 11.1. The number of nitrogens with two attached hydrogens (primary N) is 1. The SMILES string of the molecule is CC(C)Oc1ccc(CN(C)C)cc1N. The molecule has 0 radical (unpaired) electrons. The van der Waals surface area contributed by atoms with E-state index in [0.717, 1.165) is 12.3 Å². The van der Waals surface area contributed by atoms with Gasteiger partial charge in [0.1, 0.15) is 5.75 Å². The van der Waals surface area contributed by atoms with Crippen molar-refractivity contribution in [2.75, 3.05) is 19.8 Å². The number of hydrogen-bond acceptors (Lipinski definition) is 3. The lowest BCUT2D eigenvalue weighted by atomic mass is 10.2. The monoisotopic (exact) mass is 208 g/mol. The summed E-state index contributed by atoms with van der Waals surface area (Å²) in [4.78, 5) is 2.11. The van der Waals surface area contributed by atoms with Crippen LogP contribution in [0.15, 0.2) is 18.2 Å². The van der Waals surface area contributed by atoms with Crippen LogP contribution in [0.5, 0.6) is 5.75 Å². The van der Waals surface area contributed by atoms with E-state index in [2.05, 4.69) is 4.90 Å². The van der Waals surface area contributed by atoms with Crippen molar-refractivity contribution >= 4 is 5.69 Å². The summed E-state index contributed by atoms with van der Waals surface area (Å²) in [6, 6.07) is 5.96. The fourth-order valence-corrected chi connectivity index (χ4v) is 1.42. The van der Waals surface area contributed by atoms with Gasteiger partial charge in [0.05, 0.1) is 11.8 Å². The van der Waals surface area contributed by atoms with Gasteiger partial charge in [0, 0.05) is 6.54 Å². The minimum Gasteiger partial charge on any atom is -0.489 e. The third-order valence-corrected chi connectivity index (χ3v) is 1.94. The summed E-state index contributed by atoms with van der Waals surface area (Å²) in [5.74, 6) is 0.771. The van der Waals surface area contributed by atoms with Gasteiger partial charge in [0.15, 0.2) is 0 Å². The number of ether oxygens (including phenoxy) is 1. The summed E-state index contributed by atoms with van der Waals surface area (Å²) in [6.45, 7) is 4.88. The largest absolute Gasteiger partial charge is 0.489 e. The molecule has 0 aromatic heterocycles. The Balaban J connectivity index is 2.78. The molecular formula is C12H20N2O. The highest BCUT2D eigenvalue weighted by Crippen LogP contribution is 2.23. The Morgan fingerprint density at radius 1 is 1.33 bits per heavy atom. The van der Waals surface area contributed by atoms with E-state index < -0.39 is 0 Å². The summed E-state index contributed by atoms with van der Waals surface area (Å²) in [6.07, 6.45) is 0.159. The molecule has 0 spiro atoms. The highest BCUT2D eigenvalue weighted by atomic mass is 16.5. The zero-order valence-corrected chi connectivity index (χ0v) is 9.95. The fourth-order valence-electron chi connectivity index (χ4n) is 1.42. The minimum absolute atomic E-state index is 0.159. The molecule has 0 saturated heterocycles. The van der Waals surface area contributed by atoms with Gasteiger partial charge in [-0.3, -0.25) is 0 Å². The first-order chi connectivity index (χ1) is 6.99. The van der Waals surface area contributed by atoms with Crippen LogP contribution >= 0.6 is 0 Å². The van der Waals surface area contributed by atoms with E-state index >= 15 is 0 Å². The first-order valence-corrected chi connectivity index (χ1v) is 5.19. The fraction of sp³-hybridized carbons (Fsp3) is 0.500. The van der Waals surface area contributed by atoms with E-state index in [-0.39, 0.29) is 6.10 Å². The maximum Gasteiger partial charge on any atom is 0.142 e. The second-order valence-corrected chi connectivity index (χ2v) is 4.28. The van der Waals surface area contributed by atoms with Crippen molar-refractivity contribution in [2.45, 2.75) is 26.5 Å². The highest BCUT2D eigenvalue weighted by Gasteiger charge is 2.04. The van der Waals surface area contributed by atoms with Crippen LogP contribution < -0.4 is 10.5 Å². The summed E-state index contributed by atoms with van der Waals surface area (Å²) < 4.78 is 5.57. The molecule has 0 amide bonds. The zero-order valence-electron chi connectivity index (χ0n) is 9.95. The molecule has 0 bridgehead atoms. The average Bonchev–Trinajstić information content (AvgIpc) is 2.08. The zero-order chi connectivity index (χ0) is 11.4. The second kappa shape index (κ2) is 5.03. The van der Waals surface area contributed by atoms with Gasteiger partial charge in [0.2, 0.25) is 0 Å². The lowest BCUT2D eigenvalue weighted by molar-refractivity contribution is 0.243. The summed E-state index contributed by atoms with van der Waals surface area (Å²) in [7, 11) is 4.07. The number of rotatable bonds is 4. The molecule has 84 valence electrons. The van der Waals surface area contributed by atoms with Crippen molar-refractivity contribution in [1.82, 2.24) is 4.90 Å². The molecule has 0 saturated carbocycles. The second-order valence-electron chi connectivity index (χ2n) is 4.28. The van der Waals surface area contributed by atoms with Crippen LogP contribution in [-0.2, 0) is 6.54 Å². The van der Waals surface area contributed by atoms with Gasteiger partial charge in [0.25, 0.3) is 0 Å². The molecule has 1 aromatic rings. The average molecular weight is 208 g/mol. The standard InChI is InChI=1S/C12H20N2O/c1-9(2)15-12-6-5-10(7-11(12)13)8-14(3)4/h5-7,9H,8,13H2,1-4H3. The van der Waals surface area contributed by atoms with Crippen LogP contribution in [0, 0.1) is 0 Å². The predicted molar refractivity (Wildman–Crippen MR) is 64.0 cm³/mol. The number of nitrogen functional groups attached to an aromatic ring is 1. The highest BCUT2D eigenvalue weighted by molar-refractivity contribution is 5.54. The molecule has 3 nitrogen and oxygen atoms in total. The molecule has 0 fully saturated rings. The van der Waals surface area contributed by atoms with E-state index in [1.54, 1.807) is 0 Å². The smallest absolute Gasteiger partial charge is 0.142 e. The van der Waals surface area contributed by atoms with Crippen molar-refractivity contribution in [3.05, 3.63) is 23.8 Å². The summed E-state index contributed by atoms with van der Waals surface area (Å²) in [5, 5.41) is 0. The molecule has 0 aliphatic heterocycles. The van der Waals surface area contributed by atoms with Gasteiger partial charge in [-0.05, 0) is 45.6 Å². The molecule has 1 rings (SSSR count). The Labute approximate surface area is 91.8 Å². The molecule has 0 unspecified atom stereocenters. The summed E-state index contributed by atoms with van der Waals surface area (Å²) in [5.41, 5.74) is 7.82. The Hall–Kier alpha value is -1.22. The first-order valence-electron chi connectivity index (χ1n) is 5.19. The van der Waals surface area contributed by atoms with Gasteiger partial charge in [-0.25, -0.2) is 0 Å². The molecular weight excluding hydrogens is 188 g/mol. The minimum atomic E-state index is 0.159. The Morgan fingerprint density at radius 3 is 2.47 bits per heavy atom. The number of anilines is 1. The van der Waals surface area contributed by atoms with Crippen LogP contribution in [0.3, 0.4) is 0 Å². The van der Waals surface area contributed by atoms with Gasteiger partial charge < -0.3 is 15.4 Å². The van der Waals surface area contributed by atoms with Crippen molar-refractivity contribution < 1.29 is 4.74 Å². The third-order valence-electron chi connectivity index (χ3n) is 1.94. The topological polar surface area (TPSA) is 38.5 Å². The van der Waals surface area contributed by atoms with Crippen LogP contribution in [-0.4, -0.2) is 25.1 Å². The van der Waals surface area contributed by atoms with Crippen molar-refractivity contribution in [3.8, 4) is 5.75 Å². The maximum absolute atomic E-state index is 5.90. The molecule has 0 aliphatic rings. The Kier molecular flexibility index (Phi) is 3.97. The van der Waals surface area contributed by atoms with Crippen molar-refractivity contribution in [1.29, 1.82) is 0 Å². The van der Waals surface area contributed by atoms with Crippen molar-refractivity contribution in [2.24, 2.45) is 0 Å².